The van der Waals surface area contributed by atoms with E-state index >= 15 is 0 Å². The van der Waals surface area contributed by atoms with E-state index in [0.29, 0.717) is 0 Å². The molecule has 0 saturated carbocycles. The smallest absolute Gasteiger partial charge is 0.321 e. The molecule has 0 heterocycles. The Balaban J connectivity index is 2.64. The quantitative estimate of drug-likeness (QED) is 0.843. The van der Waals surface area contributed by atoms with Gasteiger partial charge >= 0.3 is 6.03 Å². The largest absolute Gasteiger partial charge is 0.341 e. The molecule has 0 aliphatic rings. The van der Waals surface area contributed by atoms with Crippen LogP contribution in [0.2, 0.25) is 0 Å². The molecule has 2 N–H and O–H groups in total. The minimum Gasteiger partial charge on any atom is -0.341 e. The van der Waals surface area contributed by atoms with Crippen LogP contribution in [0.15, 0.2) is 29.2 Å². The topological polar surface area (TPSA) is 58.2 Å². The van der Waals surface area contributed by atoms with Crippen molar-refractivity contribution in [2.24, 2.45) is 0 Å². The van der Waals surface area contributed by atoms with Crippen molar-refractivity contribution in [3.05, 3.63) is 29.8 Å². The monoisotopic (exact) mass is 294 g/mol. The molecular weight excluding hydrogens is 272 g/mol. The van der Waals surface area contributed by atoms with Crippen LogP contribution in [0.3, 0.4) is 0 Å². The van der Waals surface area contributed by atoms with Crippen molar-refractivity contribution in [2.75, 3.05) is 7.05 Å². The van der Waals surface area contributed by atoms with E-state index in [-0.39, 0.29) is 16.6 Å². The predicted molar refractivity (Wildman–Crippen MR) is 83.1 cm³/mol. The lowest BCUT2D eigenvalue weighted by Gasteiger charge is -2.19. The van der Waals surface area contributed by atoms with Crippen LogP contribution in [0.25, 0.3) is 0 Å². The van der Waals surface area contributed by atoms with E-state index in [1.807, 2.05) is 12.1 Å². The van der Waals surface area contributed by atoms with Gasteiger partial charge in [0.1, 0.15) is 0 Å². The summed E-state index contributed by atoms with van der Waals surface area (Å²) in [4.78, 5) is 23.8. The van der Waals surface area contributed by atoms with Gasteiger partial charge in [0.05, 0.1) is 5.25 Å². The zero-order valence-electron chi connectivity index (χ0n) is 12.6. The van der Waals surface area contributed by atoms with E-state index in [0.717, 1.165) is 4.90 Å². The molecule has 3 amide bonds. The van der Waals surface area contributed by atoms with Gasteiger partial charge in [-0.2, -0.15) is 0 Å². The molecule has 20 heavy (non-hydrogen) atoms. The molecule has 0 fully saturated rings. The Morgan fingerprint density at radius 3 is 2.15 bits per heavy atom. The molecule has 1 aromatic carbocycles. The van der Waals surface area contributed by atoms with Crippen LogP contribution in [0.1, 0.15) is 33.3 Å². The van der Waals surface area contributed by atoms with Crippen LogP contribution in [0.4, 0.5) is 4.79 Å². The van der Waals surface area contributed by atoms with Crippen LogP contribution in [0, 0.1) is 0 Å². The van der Waals surface area contributed by atoms with Crippen molar-refractivity contribution in [2.45, 2.75) is 43.3 Å². The Hall–Kier alpha value is -1.49. The van der Waals surface area contributed by atoms with Crippen LogP contribution >= 0.6 is 11.8 Å². The lowest BCUT2D eigenvalue weighted by Crippen LogP contribution is -2.41. The van der Waals surface area contributed by atoms with Gasteiger partial charge in [0.2, 0.25) is 5.91 Å². The highest BCUT2D eigenvalue weighted by atomic mass is 32.2. The zero-order valence-corrected chi connectivity index (χ0v) is 13.4. The molecule has 1 rings (SSSR count). The van der Waals surface area contributed by atoms with E-state index in [2.05, 4.69) is 43.5 Å². The molecule has 0 spiro atoms. The summed E-state index contributed by atoms with van der Waals surface area (Å²) in [6.45, 7) is 8.26. The lowest BCUT2D eigenvalue weighted by atomic mass is 9.87. The van der Waals surface area contributed by atoms with Crippen LogP contribution in [-0.4, -0.2) is 24.2 Å². The lowest BCUT2D eigenvalue weighted by molar-refractivity contribution is -0.119. The summed E-state index contributed by atoms with van der Waals surface area (Å²) in [7, 11) is 1.48. The Kier molecular flexibility index (Phi) is 5.62. The molecule has 4 nitrogen and oxygen atoms in total. The average Bonchev–Trinajstić information content (AvgIpc) is 2.38. The molecule has 5 heteroatoms. The Labute approximate surface area is 124 Å². The molecule has 0 radical (unpaired) electrons. The molecule has 0 aromatic heterocycles. The highest BCUT2D eigenvalue weighted by Gasteiger charge is 2.17. The number of imide groups is 1. The molecule has 1 aromatic rings. The molecule has 0 saturated heterocycles. The van der Waals surface area contributed by atoms with E-state index in [9.17, 15) is 9.59 Å². The van der Waals surface area contributed by atoms with Gasteiger partial charge in [-0.3, -0.25) is 10.1 Å². The third kappa shape index (κ3) is 4.89. The van der Waals surface area contributed by atoms with Crippen LogP contribution in [-0.2, 0) is 10.2 Å². The molecule has 0 bridgehead atoms. The summed E-state index contributed by atoms with van der Waals surface area (Å²) in [6, 6.07) is 7.69. The van der Waals surface area contributed by atoms with E-state index in [1.165, 1.54) is 24.4 Å². The molecular formula is C15H22N2O2S. The maximum Gasteiger partial charge on any atom is 0.321 e. The predicted octanol–water partition coefficient (Wildman–Crippen LogP) is 2.92. The number of carbonyl (C=O) groups excluding carboxylic acids is 2. The molecule has 1 atom stereocenters. The second-order valence-electron chi connectivity index (χ2n) is 5.60. The third-order valence-corrected chi connectivity index (χ3v) is 3.98. The fraction of sp³-hybridized carbons (Fsp3) is 0.467. The SMILES string of the molecule is CNC(=O)NC(=O)[C@H](C)Sc1ccc(C(C)(C)C)cc1. The first-order valence-corrected chi connectivity index (χ1v) is 7.42. The second kappa shape index (κ2) is 6.79. The van der Waals surface area contributed by atoms with Crippen molar-refractivity contribution >= 4 is 23.7 Å². The number of hydrogen-bond acceptors (Lipinski definition) is 3. The number of hydrogen-bond donors (Lipinski definition) is 2. The van der Waals surface area contributed by atoms with E-state index in [1.54, 1.807) is 6.92 Å². The second-order valence-corrected chi connectivity index (χ2v) is 7.02. The Bertz CT molecular complexity index is 478. The van der Waals surface area contributed by atoms with E-state index < -0.39 is 6.03 Å². The molecule has 0 aliphatic heterocycles. The Morgan fingerprint density at radius 2 is 1.70 bits per heavy atom. The number of nitrogens with one attached hydrogen (secondary N) is 2. The van der Waals surface area contributed by atoms with Gasteiger partial charge in [-0.05, 0) is 30.0 Å². The van der Waals surface area contributed by atoms with Crippen molar-refractivity contribution in [1.29, 1.82) is 0 Å². The number of urea groups is 1. The zero-order chi connectivity index (χ0) is 15.3. The maximum atomic E-state index is 11.8. The first-order valence-electron chi connectivity index (χ1n) is 6.54. The highest BCUT2D eigenvalue weighted by molar-refractivity contribution is 8.00. The van der Waals surface area contributed by atoms with Crippen molar-refractivity contribution < 1.29 is 9.59 Å². The first-order chi connectivity index (χ1) is 9.24. The number of carbonyl (C=O) groups is 2. The van der Waals surface area contributed by atoms with Crippen molar-refractivity contribution in [3.8, 4) is 0 Å². The minimum atomic E-state index is -0.481. The van der Waals surface area contributed by atoms with Gasteiger partial charge in [0.15, 0.2) is 0 Å². The van der Waals surface area contributed by atoms with Gasteiger partial charge in [-0.15, -0.1) is 11.8 Å². The van der Waals surface area contributed by atoms with Crippen LogP contribution in [0.5, 0.6) is 0 Å². The number of amides is 3. The summed E-state index contributed by atoms with van der Waals surface area (Å²) in [5, 5.41) is 4.31. The third-order valence-electron chi connectivity index (χ3n) is 2.87. The summed E-state index contributed by atoms with van der Waals surface area (Å²) in [6.07, 6.45) is 0. The fourth-order valence-electron chi connectivity index (χ4n) is 1.57. The van der Waals surface area contributed by atoms with Gasteiger partial charge in [-0.25, -0.2) is 4.79 Å². The van der Waals surface area contributed by atoms with Crippen LogP contribution < -0.4 is 10.6 Å². The molecule has 0 aliphatic carbocycles. The standard InChI is InChI=1S/C15H22N2O2S/c1-10(13(18)17-14(19)16-5)20-12-8-6-11(7-9-12)15(2,3)4/h6-10H,1-5H3,(H2,16,17,18,19)/t10-/m0/s1. The van der Waals surface area contributed by atoms with Gasteiger partial charge < -0.3 is 5.32 Å². The average molecular weight is 294 g/mol. The van der Waals surface area contributed by atoms with Crippen molar-refractivity contribution in [3.63, 3.8) is 0 Å². The van der Waals surface area contributed by atoms with Gasteiger partial charge in [0, 0.05) is 11.9 Å². The first kappa shape index (κ1) is 16.6. The normalized spacial score (nSPS) is 12.7. The summed E-state index contributed by atoms with van der Waals surface area (Å²) >= 11 is 1.43. The fourth-order valence-corrected chi connectivity index (χ4v) is 2.43. The summed E-state index contributed by atoms with van der Waals surface area (Å²) < 4.78 is 0. The molecule has 110 valence electrons. The molecule has 0 unspecified atom stereocenters. The van der Waals surface area contributed by atoms with Gasteiger partial charge in [0.25, 0.3) is 0 Å². The van der Waals surface area contributed by atoms with Crippen molar-refractivity contribution in [1.82, 2.24) is 10.6 Å². The summed E-state index contributed by atoms with van der Waals surface area (Å²) in [5.74, 6) is -0.297. The number of thioether (sulfide) groups is 1. The number of rotatable bonds is 3. The van der Waals surface area contributed by atoms with E-state index in [4.69, 9.17) is 0 Å². The Morgan fingerprint density at radius 1 is 1.15 bits per heavy atom. The number of benzene rings is 1. The highest BCUT2D eigenvalue weighted by Crippen LogP contribution is 2.27. The minimum absolute atomic E-state index is 0.116. The maximum absolute atomic E-state index is 11.8. The van der Waals surface area contributed by atoms with Gasteiger partial charge in [-0.1, -0.05) is 32.9 Å². The summed E-state index contributed by atoms with van der Waals surface area (Å²) in [5.41, 5.74) is 1.37.